The Hall–Kier alpha value is -1.20. The number of hydrogen-bond donors (Lipinski definition) is 1. The molecule has 0 aliphatic carbocycles. The molecule has 7 heteroatoms. The molecule has 6 radical (unpaired) electrons. The second-order valence-corrected chi connectivity index (χ2v) is 10.1. The van der Waals surface area contributed by atoms with E-state index >= 15 is 0 Å². The van der Waals surface area contributed by atoms with Crippen molar-refractivity contribution in [2.45, 2.75) is 52.8 Å². The van der Waals surface area contributed by atoms with Gasteiger partial charge in [-0.1, -0.05) is 71.6 Å². The summed E-state index contributed by atoms with van der Waals surface area (Å²) in [4.78, 5) is 10.8. The lowest BCUT2D eigenvalue weighted by molar-refractivity contribution is -0.137. The van der Waals surface area contributed by atoms with Gasteiger partial charge in [0.05, 0.1) is 23.5 Å². The Kier molecular flexibility index (Phi) is 9.84. The standard InChI is InChI=1S/C22H25B3O2S2/c23-21(14-8-7-13-20(26)27,28-15-18-9-3-1-4-10-18)17-22(24,25)29-16-19-11-5-2-6-12-19/h1-6,9-12H,7-8,13-17H2,(H,26,27). The van der Waals surface area contributed by atoms with Crippen molar-refractivity contribution < 1.29 is 9.90 Å². The summed E-state index contributed by atoms with van der Waals surface area (Å²) in [7, 11) is 19.6. The predicted molar refractivity (Wildman–Crippen MR) is 129 cm³/mol. The van der Waals surface area contributed by atoms with Crippen LogP contribution in [-0.4, -0.2) is 43.8 Å². The van der Waals surface area contributed by atoms with Gasteiger partial charge in [0.25, 0.3) is 0 Å². The molecule has 29 heavy (non-hydrogen) atoms. The normalized spacial score (nSPS) is 13.7. The first kappa shape index (κ1) is 24.1. The first-order valence-corrected chi connectivity index (χ1v) is 11.7. The Labute approximate surface area is 187 Å². The van der Waals surface area contributed by atoms with E-state index in [1.165, 1.54) is 22.9 Å². The molecule has 0 aliphatic heterocycles. The van der Waals surface area contributed by atoms with Gasteiger partial charge in [0.2, 0.25) is 0 Å². The second-order valence-electron chi connectivity index (χ2n) is 7.35. The monoisotopic (exact) mass is 418 g/mol. The third-order valence-electron chi connectivity index (χ3n) is 4.54. The summed E-state index contributed by atoms with van der Waals surface area (Å²) in [6.07, 6.45) is 2.57. The number of carboxylic acid groups (broad SMARTS) is 1. The molecule has 0 saturated heterocycles. The van der Waals surface area contributed by atoms with Crippen LogP contribution in [0.25, 0.3) is 0 Å². The molecule has 2 rings (SSSR count). The summed E-state index contributed by atoms with van der Waals surface area (Å²) >= 11 is 3.13. The molecule has 1 N–H and O–H groups in total. The molecule has 0 aromatic heterocycles. The maximum absolute atomic E-state index is 10.8. The number of aliphatic carboxylic acids is 1. The molecule has 1 unspecified atom stereocenters. The van der Waals surface area contributed by atoms with E-state index in [0.717, 1.165) is 12.2 Å². The van der Waals surface area contributed by atoms with Gasteiger partial charge in [-0.2, -0.15) is 23.5 Å². The fourth-order valence-corrected chi connectivity index (χ4v) is 5.38. The van der Waals surface area contributed by atoms with Crippen molar-refractivity contribution in [2.75, 3.05) is 0 Å². The van der Waals surface area contributed by atoms with Crippen LogP contribution in [0.3, 0.4) is 0 Å². The van der Waals surface area contributed by atoms with Crippen LogP contribution in [0, 0.1) is 0 Å². The molecule has 0 aliphatic rings. The Balaban J connectivity index is 1.98. The lowest BCUT2D eigenvalue weighted by Gasteiger charge is -2.38. The molecule has 0 spiro atoms. The highest BCUT2D eigenvalue weighted by Gasteiger charge is 2.32. The number of hydrogen-bond acceptors (Lipinski definition) is 3. The molecule has 2 nitrogen and oxygen atoms in total. The number of unbranched alkanes of at least 4 members (excludes halogenated alkanes) is 1. The molecule has 0 amide bonds. The molecular formula is C22H25B3O2S2. The molecular weight excluding hydrogens is 393 g/mol. The van der Waals surface area contributed by atoms with Crippen LogP contribution < -0.4 is 0 Å². The van der Waals surface area contributed by atoms with Crippen LogP contribution in [-0.2, 0) is 16.3 Å². The number of benzene rings is 2. The maximum Gasteiger partial charge on any atom is 0.303 e. The predicted octanol–water partition coefficient (Wildman–Crippen LogP) is 4.74. The van der Waals surface area contributed by atoms with Crippen LogP contribution in [0.5, 0.6) is 0 Å². The summed E-state index contributed by atoms with van der Waals surface area (Å²) in [5, 5.41) is 8.88. The lowest BCUT2D eigenvalue weighted by Crippen LogP contribution is -2.39. The average Bonchev–Trinajstić information content (AvgIpc) is 2.70. The largest absolute Gasteiger partial charge is 0.481 e. The summed E-state index contributed by atoms with van der Waals surface area (Å²) < 4.78 is -1.59. The minimum Gasteiger partial charge on any atom is -0.481 e. The fourth-order valence-electron chi connectivity index (χ4n) is 3.02. The fraction of sp³-hybridized carbons (Fsp3) is 0.409. The van der Waals surface area contributed by atoms with Crippen LogP contribution in [0.15, 0.2) is 60.7 Å². The van der Waals surface area contributed by atoms with Crippen LogP contribution in [0.1, 0.15) is 43.2 Å². The number of carboxylic acids is 1. The highest BCUT2D eigenvalue weighted by atomic mass is 32.2. The lowest BCUT2D eigenvalue weighted by atomic mass is 9.60. The first-order valence-electron chi connectivity index (χ1n) is 9.72. The first-order chi connectivity index (χ1) is 13.8. The van der Waals surface area contributed by atoms with E-state index in [1.807, 2.05) is 36.4 Å². The third kappa shape index (κ3) is 9.91. The van der Waals surface area contributed by atoms with Crippen molar-refractivity contribution >= 4 is 53.0 Å². The van der Waals surface area contributed by atoms with Gasteiger partial charge in [-0.3, -0.25) is 4.79 Å². The van der Waals surface area contributed by atoms with Crippen LogP contribution in [0.4, 0.5) is 0 Å². The smallest absolute Gasteiger partial charge is 0.303 e. The summed E-state index contributed by atoms with van der Waals surface area (Å²) in [5.41, 5.74) is 2.35. The van der Waals surface area contributed by atoms with E-state index in [0.29, 0.717) is 25.0 Å². The second kappa shape index (κ2) is 11.9. The van der Waals surface area contributed by atoms with Crippen molar-refractivity contribution in [3.05, 3.63) is 71.8 Å². The van der Waals surface area contributed by atoms with E-state index in [9.17, 15) is 4.79 Å². The number of carbonyl (C=O) groups is 1. The minimum atomic E-state index is -0.971. The van der Waals surface area contributed by atoms with Crippen molar-refractivity contribution in [3.63, 3.8) is 0 Å². The van der Waals surface area contributed by atoms with Crippen molar-refractivity contribution in [3.8, 4) is 0 Å². The zero-order chi connectivity index (χ0) is 21.2. The van der Waals surface area contributed by atoms with E-state index in [1.54, 1.807) is 11.8 Å². The summed E-state index contributed by atoms with van der Waals surface area (Å²) in [6, 6.07) is 20.2. The van der Waals surface area contributed by atoms with Gasteiger partial charge < -0.3 is 5.11 Å². The summed E-state index contributed by atoms with van der Waals surface area (Å²) in [5.74, 6) is 0.692. The zero-order valence-electron chi connectivity index (χ0n) is 16.6. The van der Waals surface area contributed by atoms with Gasteiger partial charge in [-0.05, 0) is 35.0 Å². The van der Waals surface area contributed by atoms with Crippen LogP contribution in [0.2, 0.25) is 0 Å². The molecule has 0 fully saturated rings. The maximum atomic E-state index is 10.8. The third-order valence-corrected chi connectivity index (χ3v) is 7.10. The van der Waals surface area contributed by atoms with E-state index in [4.69, 9.17) is 28.6 Å². The number of rotatable bonds is 13. The molecule has 2 aromatic carbocycles. The van der Waals surface area contributed by atoms with E-state index in [-0.39, 0.29) is 6.42 Å². The Morgan fingerprint density at radius 2 is 1.34 bits per heavy atom. The van der Waals surface area contributed by atoms with E-state index in [2.05, 4.69) is 24.3 Å². The Bertz CT molecular complexity index is 744. The highest BCUT2D eigenvalue weighted by Crippen LogP contribution is 2.40. The van der Waals surface area contributed by atoms with E-state index < -0.39 is 15.2 Å². The van der Waals surface area contributed by atoms with Gasteiger partial charge in [-0.15, -0.1) is 0 Å². The molecule has 2 aromatic rings. The van der Waals surface area contributed by atoms with Gasteiger partial charge in [-0.25, -0.2) is 0 Å². The molecule has 0 heterocycles. The van der Waals surface area contributed by atoms with Gasteiger partial charge in [0.1, 0.15) is 0 Å². The molecule has 1 atom stereocenters. The minimum absolute atomic E-state index is 0.151. The topological polar surface area (TPSA) is 37.3 Å². The molecule has 0 bridgehead atoms. The average molecular weight is 418 g/mol. The summed E-state index contributed by atoms with van der Waals surface area (Å²) in [6.45, 7) is 0. The Morgan fingerprint density at radius 1 is 0.828 bits per heavy atom. The van der Waals surface area contributed by atoms with Crippen molar-refractivity contribution in [1.82, 2.24) is 0 Å². The van der Waals surface area contributed by atoms with Crippen LogP contribution >= 0.6 is 23.5 Å². The number of thioether (sulfide) groups is 2. The van der Waals surface area contributed by atoms with Gasteiger partial charge in [0.15, 0.2) is 0 Å². The Morgan fingerprint density at radius 3 is 1.86 bits per heavy atom. The SMILES string of the molecule is [B]C([B])(CC([B])(CCCCC(=O)O)SCc1ccccc1)SCc1ccccc1. The van der Waals surface area contributed by atoms with Gasteiger partial charge >= 0.3 is 5.97 Å². The molecule has 0 saturated carbocycles. The zero-order valence-corrected chi connectivity index (χ0v) is 18.3. The van der Waals surface area contributed by atoms with Gasteiger partial charge in [0, 0.05) is 17.9 Å². The quantitative estimate of drug-likeness (QED) is 0.377. The van der Waals surface area contributed by atoms with Crippen molar-refractivity contribution in [2.24, 2.45) is 0 Å². The highest BCUT2D eigenvalue weighted by molar-refractivity contribution is 8.02. The van der Waals surface area contributed by atoms with Crippen molar-refractivity contribution in [1.29, 1.82) is 0 Å². The molecule has 146 valence electrons.